The first kappa shape index (κ1) is 9.92. The molecule has 0 amide bonds. The van der Waals surface area contributed by atoms with E-state index in [1.807, 2.05) is 0 Å². The summed E-state index contributed by atoms with van der Waals surface area (Å²) in [5.41, 5.74) is 0.202. The molecule has 1 heterocycles. The zero-order valence-electron chi connectivity index (χ0n) is 7.54. The third-order valence-electron chi connectivity index (χ3n) is 1.55. The number of epoxide rings is 1. The van der Waals surface area contributed by atoms with Gasteiger partial charge in [-0.2, -0.15) is 0 Å². The highest BCUT2D eigenvalue weighted by molar-refractivity contribution is 5.94. The molecule has 1 rings (SSSR count). The number of Topliss-reactive ketones (excluding diaryl/α,β-unsaturated/α-hetero) is 1. The van der Waals surface area contributed by atoms with Gasteiger partial charge in [0.05, 0.1) is 6.61 Å². The van der Waals surface area contributed by atoms with Gasteiger partial charge in [-0.15, -0.1) is 0 Å². The SMILES string of the molecule is C=C(CC(C)=O)C(=O)OCC1CO1. The van der Waals surface area contributed by atoms with Crippen LogP contribution in [-0.2, 0) is 19.1 Å². The molecule has 72 valence electrons. The molecule has 13 heavy (non-hydrogen) atoms. The number of esters is 1. The van der Waals surface area contributed by atoms with Gasteiger partial charge >= 0.3 is 5.97 Å². The van der Waals surface area contributed by atoms with Crippen molar-refractivity contribution in [1.29, 1.82) is 0 Å². The molecule has 1 atom stereocenters. The van der Waals surface area contributed by atoms with Crippen LogP contribution in [0, 0.1) is 0 Å². The summed E-state index contributed by atoms with van der Waals surface area (Å²) in [7, 11) is 0. The number of carbonyl (C=O) groups is 2. The van der Waals surface area contributed by atoms with Crippen LogP contribution in [0.3, 0.4) is 0 Å². The molecule has 0 bridgehead atoms. The lowest BCUT2D eigenvalue weighted by atomic mass is 10.2. The van der Waals surface area contributed by atoms with Crippen LogP contribution in [0.15, 0.2) is 12.2 Å². The summed E-state index contributed by atoms with van der Waals surface area (Å²) in [5.74, 6) is -0.602. The van der Waals surface area contributed by atoms with Crippen molar-refractivity contribution in [3.05, 3.63) is 12.2 Å². The van der Waals surface area contributed by atoms with Gasteiger partial charge in [-0.25, -0.2) is 4.79 Å². The van der Waals surface area contributed by atoms with E-state index in [0.29, 0.717) is 6.61 Å². The van der Waals surface area contributed by atoms with Crippen molar-refractivity contribution in [1.82, 2.24) is 0 Å². The zero-order valence-corrected chi connectivity index (χ0v) is 7.54. The molecular weight excluding hydrogens is 172 g/mol. The van der Waals surface area contributed by atoms with E-state index in [9.17, 15) is 9.59 Å². The largest absolute Gasteiger partial charge is 0.459 e. The van der Waals surface area contributed by atoms with Gasteiger partial charge in [0.1, 0.15) is 18.5 Å². The highest BCUT2D eigenvalue weighted by Crippen LogP contribution is 2.10. The molecule has 1 saturated heterocycles. The van der Waals surface area contributed by atoms with Crippen LogP contribution < -0.4 is 0 Å². The summed E-state index contributed by atoms with van der Waals surface area (Å²) in [6.45, 7) is 5.77. The third-order valence-corrected chi connectivity index (χ3v) is 1.55. The second-order valence-electron chi connectivity index (χ2n) is 3.04. The van der Waals surface area contributed by atoms with Crippen LogP contribution in [0.2, 0.25) is 0 Å². The average Bonchev–Trinajstić information content (AvgIpc) is 2.81. The highest BCUT2D eigenvalue weighted by Gasteiger charge is 2.24. The van der Waals surface area contributed by atoms with Crippen molar-refractivity contribution in [2.45, 2.75) is 19.4 Å². The van der Waals surface area contributed by atoms with Gasteiger partial charge in [0.25, 0.3) is 0 Å². The van der Waals surface area contributed by atoms with Gasteiger partial charge in [-0.05, 0) is 6.92 Å². The van der Waals surface area contributed by atoms with Crippen LogP contribution in [0.4, 0.5) is 0 Å². The van der Waals surface area contributed by atoms with Crippen molar-refractivity contribution in [2.75, 3.05) is 13.2 Å². The third kappa shape index (κ3) is 3.85. The highest BCUT2D eigenvalue weighted by atomic mass is 16.6. The van der Waals surface area contributed by atoms with Crippen LogP contribution in [0.5, 0.6) is 0 Å². The van der Waals surface area contributed by atoms with Crippen LogP contribution >= 0.6 is 0 Å². The standard InChI is InChI=1S/C9H12O4/c1-6(3-7(2)10)9(11)13-5-8-4-12-8/h8H,1,3-5H2,2H3. The minimum Gasteiger partial charge on any atom is -0.459 e. The van der Waals surface area contributed by atoms with E-state index in [-0.39, 0.29) is 30.5 Å². The Morgan fingerprint density at radius 1 is 1.62 bits per heavy atom. The smallest absolute Gasteiger partial charge is 0.333 e. The summed E-state index contributed by atoms with van der Waals surface area (Å²) in [6, 6.07) is 0. The molecule has 0 aromatic rings. The lowest BCUT2D eigenvalue weighted by Gasteiger charge is -2.03. The Hall–Kier alpha value is -1.16. The topological polar surface area (TPSA) is 55.9 Å². The lowest BCUT2D eigenvalue weighted by Crippen LogP contribution is -2.13. The summed E-state index contributed by atoms with van der Waals surface area (Å²) < 4.78 is 9.66. The van der Waals surface area contributed by atoms with E-state index in [0.717, 1.165) is 0 Å². The molecule has 1 fully saturated rings. The molecule has 0 aliphatic carbocycles. The van der Waals surface area contributed by atoms with Crippen LogP contribution in [0.25, 0.3) is 0 Å². The number of carbonyl (C=O) groups excluding carboxylic acids is 2. The monoisotopic (exact) mass is 184 g/mol. The van der Waals surface area contributed by atoms with Gasteiger partial charge in [-0.3, -0.25) is 4.79 Å². The van der Waals surface area contributed by atoms with Gasteiger partial charge in [0.2, 0.25) is 0 Å². The number of ketones is 1. The molecule has 4 nitrogen and oxygen atoms in total. The van der Waals surface area contributed by atoms with E-state index >= 15 is 0 Å². The minimum absolute atomic E-state index is 0.0501. The van der Waals surface area contributed by atoms with Crippen LogP contribution in [-0.4, -0.2) is 31.1 Å². The first-order chi connectivity index (χ1) is 6.09. The number of ether oxygens (including phenoxy) is 2. The first-order valence-electron chi connectivity index (χ1n) is 4.05. The van der Waals surface area contributed by atoms with Gasteiger partial charge in [0.15, 0.2) is 0 Å². The molecule has 0 N–H and O–H groups in total. The van der Waals surface area contributed by atoms with Gasteiger partial charge in [0, 0.05) is 12.0 Å². The first-order valence-corrected chi connectivity index (χ1v) is 4.05. The number of rotatable bonds is 5. The fourth-order valence-electron chi connectivity index (χ4n) is 0.808. The van der Waals surface area contributed by atoms with Gasteiger partial charge < -0.3 is 9.47 Å². The molecular formula is C9H12O4. The van der Waals surface area contributed by atoms with E-state index in [1.54, 1.807) is 0 Å². The van der Waals surface area contributed by atoms with Crippen molar-refractivity contribution >= 4 is 11.8 Å². The molecule has 0 aromatic carbocycles. The van der Waals surface area contributed by atoms with Crippen molar-refractivity contribution in [3.63, 3.8) is 0 Å². The Labute approximate surface area is 76.5 Å². The fraction of sp³-hybridized carbons (Fsp3) is 0.556. The maximum Gasteiger partial charge on any atom is 0.333 e. The molecule has 1 aliphatic rings. The lowest BCUT2D eigenvalue weighted by molar-refractivity contribution is -0.140. The quantitative estimate of drug-likeness (QED) is 0.354. The summed E-state index contributed by atoms with van der Waals surface area (Å²) in [4.78, 5) is 21.7. The van der Waals surface area contributed by atoms with Crippen molar-refractivity contribution < 1.29 is 19.1 Å². The predicted octanol–water partition coefficient (Wildman–Crippen LogP) is 0.464. The van der Waals surface area contributed by atoms with E-state index in [2.05, 4.69) is 6.58 Å². The fourth-order valence-corrected chi connectivity index (χ4v) is 0.808. The summed E-state index contributed by atoms with van der Waals surface area (Å²) in [6.07, 6.45) is 0.110. The number of hydrogen-bond donors (Lipinski definition) is 0. The molecule has 0 saturated carbocycles. The summed E-state index contributed by atoms with van der Waals surface area (Å²) in [5, 5.41) is 0. The maximum atomic E-state index is 11.1. The zero-order chi connectivity index (χ0) is 9.84. The van der Waals surface area contributed by atoms with Crippen LogP contribution in [0.1, 0.15) is 13.3 Å². The average molecular weight is 184 g/mol. The normalized spacial score (nSPS) is 19.3. The Kier molecular flexibility index (Phi) is 3.19. The Balaban J connectivity index is 2.20. The number of hydrogen-bond acceptors (Lipinski definition) is 4. The summed E-state index contributed by atoms with van der Waals surface area (Å²) >= 11 is 0. The molecule has 0 radical (unpaired) electrons. The Bertz CT molecular complexity index is 240. The minimum atomic E-state index is -0.509. The second-order valence-corrected chi connectivity index (χ2v) is 3.04. The molecule has 1 unspecified atom stereocenters. The van der Waals surface area contributed by atoms with E-state index in [4.69, 9.17) is 9.47 Å². The molecule has 1 aliphatic heterocycles. The van der Waals surface area contributed by atoms with Gasteiger partial charge in [-0.1, -0.05) is 6.58 Å². The molecule has 4 heteroatoms. The molecule has 0 spiro atoms. The predicted molar refractivity (Wildman–Crippen MR) is 45.1 cm³/mol. The Morgan fingerprint density at radius 2 is 2.23 bits per heavy atom. The van der Waals surface area contributed by atoms with Crippen molar-refractivity contribution in [3.8, 4) is 0 Å². The second kappa shape index (κ2) is 4.18. The Morgan fingerprint density at radius 3 is 2.69 bits per heavy atom. The van der Waals surface area contributed by atoms with E-state index in [1.165, 1.54) is 6.92 Å². The maximum absolute atomic E-state index is 11.1. The van der Waals surface area contributed by atoms with E-state index < -0.39 is 5.97 Å². The molecule has 0 aromatic heterocycles. The van der Waals surface area contributed by atoms with Crippen molar-refractivity contribution in [2.24, 2.45) is 0 Å².